The predicted octanol–water partition coefficient (Wildman–Crippen LogP) is 2.94. The maximum absolute atomic E-state index is 12.5. The minimum atomic E-state index is -3.88. The molecule has 0 aliphatic rings. The molecule has 0 unspecified atom stereocenters. The molecule has 0 atom stereocenters. The Bertz CT molecular complexity index is 1210. The smallest absolute Gasteiger partial charge is 0.261 e. The fourth-order valence-corrected chi connectivity index (χ4v) is 4.02. The van der Waals surface area contributed by atoms with Crippen molar-refractivity contribution < 1.29 is 26.3 Å². The Labute approximate surface area is 169 Å². The first-order valence-electron chi connectivity index (χ1n) is 8.26. The van der Waals surface area contributed by atoms with Crippen molar-refractivity contribution in [3.63, 3.8) is 0 Å². The van der Waals surface area contributed by atoms with Crippen LogP contribution in [0, 0.1) is 0 Å². The zero-order chi connectivity index (χ0) is 21.1. The van der Waals surface area contributed by atoms with E-state index < -0.39 is 20.0 Å². The van der Waals surface area contributed by atoms with Crippen LogP contribution in [-0.4, -0.2) is 23.9 Å². The number of anilines is 1. The van der Waals surface area contributed by atoms with Gasteiger partial charge in [-0.25, -0.2) is 22.0 Å². The standard InChI is InChI=1S/C19H18N2O6S2/c1-26-18-4-2-3-5-19(18)27-15-8-12-17(13-9-15)29(24,25)21-14-6-10-16(11-7-14)28(20,22)23/h2-13,21H,1H3,(H2,20,22,23). The Morgan fingerprint density at radius 2 is 1.31 bits per heavy atom. The van der Waals surface area contributed by atoms with Crippen molar-refractivity contribution >= 4 is 25.7 Å². The Kier molecular flexibility index (Phi) is 5.78. The second kappa shape index (κ2) is 8.11. The van der Waals surface area contributed by atoms with Crippen LogP contribution in [0.1, 0.15) is 0 Å². The number of primary sulfonamides is 1. The van der Waals surface area contributed by atoms with Crippen LogP contribution in [0.15, 0.2) is 82.6 Å². The van der Waals surface area contributed by atoms with E-state index in [2.05, 4.69) is 4.72 Å². The van der Waals surface area contributed by atoms with Gasteiger partial charge in [-0.05, 0) is 60.7 Å². The summed E-state index contributed by atoms with van der Waals surface area (Å²) < 4.78 is 60.9. The van der Waals surface area contributed by atoms with Crippen LogP contribution in [0.3, 0.4) is 0 Å². The van der Waals surface area contributed by atoms with Gasteiger partial charge in [0.1, 0.15) is 5.75 Å². The molecule has 3 aromatic rings. The molecule has 3 aromatic carbocycles. The van der Waals surface area contributed by atoms with Gasteiger partial charge in [0.15, 0.2) is 11.5 Å². The zero-order valence-electron chi connectivity index (χ0n) is 15.3. The third kappa shape index (κ3) is 5.05. The number of rotatable bonds is 7. The molecule has 0 amide bonds. The fraction of sp³-hybridized carbons (Fsp3) is 0.0526. The minimum Gasteiger partial charge on any atom is -0.493 e. The summed E-state index contributed by atoms with van der Waals surface area (Å²) in [6, 6.07) is 18.0. The van der Waals surface area contributed by atoms with Crippen LogP contribution in [0.4, 0.5) is 5.69 Å². The van der Waals surface area contributed by atoms with Gasteiger partial charge in [-0.3, -0.25) is 4.72 Å². The molecule has 0 aromatic heterocycles. The Morgan fingerprint density at radius 1 is 0.759 bits per heavy atom. The molecule has 0 aliphatic heterocycles. The highest BCUT2D eigenvalue weighted by molar-refractivity contribution is 7.92. The second-order valence-electron chi connectivity index (χ2n) is 5.90. The van der Waals surface area contributed by atoms with Crippen molar-refractivity contribution in [2.75, 3.05) is 11.8 Å². The van der Waals surface area contributed by atoms with Crippen LogP contribution in [0.5, 0.6) is 17.2 Å². The van der Waals surface area contributed by atoms with Gasteiger partial charge in [0.25, 0.3) is 10.0 Å². The third-order valence-corrected chi connectivity index (χ3v) is 6.19. The molecule has 0 saturated heterocycles. The first kappa shape index (κ1) is 20.6. The SMILES string of the molecule is COc1ccccc1Oc1ccc(S(=O)(=O)Nc2ccc(S(N)(=O)=O)cc2)cc1. The largest absolute Gasteiger partial charge is 0.493 e. The second-order valence-corrected chi connectivity index (χ2v) is 9.14. The molecule has 29 heavy (non-hydrogen) atoms. The summed E-state index contributed by atoms with van der Waals surface area (Å²) in [4.78, 5) is -0.0984. The molecule has 152 valence electrons. The highest BCUT2D eigenvalue weighted by Crippen LogP contribution is 2.31. The van der Waals surface area contributed by atoms with E-state index >= 15 is 0 Å². The first-order valence-corrected chi connectivity index (χ1v) is 11.3. The van der Waals surface area contributed by atoms with Crippen molar-refractivity contribution in [2.24, 2.45) is 5.14 Å². The maximum Gasteiger partial charge on any atom is 0.261 e. The Morgan fingerprint density at radius 3 is 1.86 bits per heavy atom. The van der Waals surface area contributed by atoms with Crippen LogP contribution >= 0.6 is 0 Å². The average molecular weight is 434 g/mol. The molecular formula is C19H18N2O6S2. The lowest BCUT2D eigenvalue weighted by Crippen LogP contribution is -2.14. The molecular weight excluding hydrogens is 416 g/mol. The predicted molar refractivity (Wildman–Crippen MR) is 108 cm³/mol. The number of hydrogen-bond acceptors (Lipinski definition) is 6. The average Bonchev–Trinajstić information content (AvgIpc) is 2.68. The van der Waals surface area contributed by atoms with E-state index in [1.54, 1.807) is 18.2 Å². The van der Waals surface area contributed by atoms with Gasteiger partial charge < -0.3 is 9.47 Å². The summed E-state index contributed by atoms with van der Waals surface area (Å²) in [6.07, 6.45) is 0. The maximum atomic E-state index is 12.5. The Hall–Kier alpha value is -3.08. The quantitative estimate of drug-likeness (QED) is 0.589. The molecule has 0 fully saturated rings. The highest BCUT2D eigenvalue weighted by Gasteiger charge is 2.15. The van der Waals surface area contributed by atoms with Gasteiger partial charge in [0.05, 0.1) is 16.9 Å². The van der Waals surface area contributed by atoms with Gasteiger partial charge in [0.2, 0.25) is 10.0 Å². The van der Waals surface area contributed by atoms with E-state index in [1.807, 2.05) is 6.07 Å². The lowest BCUT2D eigenvalue weighted by Gasteiger charge is -2.11. The minimum absolute atomic E-state index is 0.0143. The molecule has 0 spiro atoms. The van der Waals surface area contributed by atoms with Gasteiger partial charge in [-0.15, -0.1) is 0 Å². The lowest BCUT2D eigenvalue weighted by atomic mass is 10.3. The number of nitrogens with one attached hydrogen (secondary N) is 1. The number of benzene rings is 3. The summed E-state index contributed by atoms with van der Waals surface area (Å²) >= 11 is 0. The molecule has 3 N–H and O–H groups in total. The van der Waals surface area contributed by atoms with E-state index in [9.17, 15) is 16.8 Å². The van der Waals surface area contributed by atoms with Gasteiger partial charge in [0, 0.05) is 5.69 Å². The molecule has 0 saturated carbocycles. The normalized spacial score (nSPS) is 11.7. The number of nitrogens with two attached hydrogens (primary N) is 1. The van der Waals surface area contributed by atoms with Crippen molar-refractivity contribution in [3.05, 3.63) is 72.8 Å². The molecule has 3 rings (SSSR count). The number of methoxy groups -OCH3 is 1. The van der Waals surface area contributed by atoms with Crippen molar-refractivity contribution in [3.8, 4) is 17.2 Å². The fourth-order valence-electron chi connectivity index (χ4n) is 2.44. The molecule has 8 nitrogen and oxygen atoms in total. The van der Waals surface area contributed by atoms with Crippen LogP contribution in [-0.2, 0) is 20.0 Å². The summed E-state index contributed by atoms with van der Waals surface area (Å²) in [6.45, 7) is 0. The zero-order valence-corrected chi connectivity index (χ0v) is 16.9. The van der Waals surface area contributed by atoms with E-state index in [0.717, 1.165) is 0 Å². The molecule has 0 bridgehead atoms. The summed E-state index contributed by atoms with van der Waals surface area (Å²) in [5.41, 5.74) is 0.201. The van der Waals surface area contributed by atoms with Gasteiger partial charge in [-0.1, -0.05) is 12.1 Å². The summed E-state index contributed by atoms with van der Waals surface area (Å²) in [7, 11) is -6.20. The van der Waals surface area contributed by atoms with Crippen LogP contribution in [0.2, 0.25) is 0 Å². The lowest BCUT2D eigenvalue weighted by molar-refractivity contribution is 0.379. The summed E-state index contributed by atoms with van der Waals surface area (Å²) in [5.74, 6) is 1.48. The number of hydrogen-bond donors (Lipinski definition) is 2. The van der Waals surface area contributed by atoms with E-state index in [-0.39, 0.29) is 15.5 Å². The van der Waals surface area contributed by atoms with E-state index in [4.69, 9.17) is 14.6 Å². The van der Waals surface area contributed by atoms with Crippen molar-refractivity contribution in [1.29, 1.82) is 0 Å². The highest BCUT2D eigenvalue weighted by atomic mass is 32.2. The molecule has 0 radical (unpaired) electrons. The Balaban J connectivity index is 1.76. The van der Waals surface area contributed by atoms with E-state index in [1.165, 1.54) is 55.6 Å². The molecule has 10 heteroatoms. The van der Waals surface area contributed by atoms with E-state index in [0.29, 0.717) is 17.2 Å². The number of ether oxygens (including phenoxy) is 2. The molecule has 0 aliphatic carbocycles. The van der Waals surface area contributed by atoms with Crippen LogP contribution in [0.25, 0.3) is 0 Å². The van der Waals surface area contributed by atoms with Gasteiger partial charge >= 0.3 is 0 Å². The summed E-state index contributed by atoms with van der Waals surface area (Å²) in [5, 5.41) is 5.03. The number of sulfonamides is 2. The van der Waals surface area contributed by atoms with Gasteiger partial charge in [-0.2, -0.15) is 0 Å². The third-order valence-electron chi connectivity index (χ3n) is 3.87. The van der Waals surface area contributed by atoms with Crippen molar-refractivity contribution in [2.45, 2.75) is 9.79 Å². The number of para-hydroxylation sites is 2. The first-order chi connectivity index (χ1) is 13.7. The monoisotopic (exact) mass is 434 g/mol. The van der Waals surface area contributed by atoms with Crippen molar-refractivity contribution in [1.82, 2.24) is 0 Å². The van der Waals surface area contributed by atoms with Crippen LogP contribution < -0.4 is 19.3 Å². The molecule has 0 heterocycles. The topological polar surface area (TPSA) is 125 Å².